The third-order valence-electron chi connectivity index (χ3n) is 6.90. The van der Waals surface area contributed by atoms with Gasteiger partial charge in [-0.3, -0.25) is 28.7 Å². The van der Waals surface area contributed by atoms with Gasteiger partial charge in [0.15, 0.2) is 18.1 Å². The molecule has 0 spiro atoms. The van der Waals surface area contributed by atoms with E-state index in [9.17, 15) is 44.4 Å². The third kappa shape index (κ3) is 6.08. The lowest BCUT2D eigenvalue weighted by molar-refractivity contribution is -0.239. The van der Waals surface area contributed by atoms with Crippen LogP contribution in [0.15, 0.2) is 33.7 Å². The van der Waals surface area contributed by atoms with Crippen LogP contribution >= 0.6 is 0 Å². The predicted molar refractivity (Wildman–Crippen MR) is 130 cm³/mol. The van der Waals surface area contributed by atoms with E-state index >= 15 is 0 Å². The van der Waals surface area contributed by atoms with Gasteiger partial charge >= 0.3 is 5.69 Å². The second kappa shape index (κ2) is 12.3. The summed E-state index contributed by atoms with van der Waals surface area (Å²) in [6, 6.07) is 0.125. The molecule has 17 heteroatoms. The van der Waals surface area contributed by atoms with Crippen molar-refractivity contribution in [3.8, 4) is 0 Å². The van der Waals surface area contributed by atoms with Gasteiger partial charge in [0.2, 0.25) is 18.1 Å². The number of nitrogens with one attached hydrogen (secondary N) is 3. The molecule has 3 aliphatic heterocycles. The summed E-state index contributed by atoms with van der Waals surface area (Å²) in [5.41, 5.74) is 3.84. The smallest absolute Gasteiger partial charge is 0.330 e. The van der Waals surface area contributed by atoms with Gasteiger partial charge in [-0.1, -0.05) is 0 Å². The molecule has 4 heterocycles. The first kappa shape index (κ1) is 29.4. The Hall–Kier alpha value is -3.61. The van der Waals surface area contributed by atoms with Crippen LogP contribution in [0.3, 0.4) is 0 Å². The fourth-order valence-electron chi connectivity index (χ4n) is 4.76. The molecule has 0 bridgehead atoms. The van der Waals surface area contributed by atoms with Gasteiger partial charge < -0.3 is 51.0 Å². The van der Waals surface area contributed by atoms with Crippen LogP contribution in [-0.4, -0.2) is 104 Å². The highest BCUT2D eigenvalue weighted by Gasteiger charge is 2.51. The summed E-state index contributed by atoms with van der Waals surface area (Å²) < 4.78 is 17.5. The summed E-state index contributed by atoms with van der Waals surface area (Å²) in [5, 5.41) is 46.6. The van der Waals surface area contributed by atoms with Gasteiger partial charge in [-0.25, -0.2) is 4.79 Å². The number of hydrogen-bond acceptors (Lipinski definition) is 12. The van der Waals surface area contributed by atoms with E-state index in [1.165, 1.54) is 0 Å². The molecule has 2 fully saturated rings. The van der Waals surface area contributed by atoms with Crippen LogP contribution in [-0.2, 0) is 28.6 Å². The first-order chi connectivity index (χ1) is 19.0. The number of aliphatic hydroxyl groups excluding tert-OH is 4. The number of nitrogens with two attached hydrogens (primary N) is 1. The number of carbonyl (C=O) groups is 3. The summed E-state index contributed by atoms with van der Waals surface area (Å²) in [4.78, 5) is 63.1. The SMILES string of the molecule is NC(=O)[C@H](O[C@H]1OC(C(=O)N[C@H]2CCCCNC2=O)=C[C@H](O)[C@@H]1O)[C@H]1O[C@@H](n2ccc(=O)[nH]c2=O)[C@H](O)[C@@H]1CO. The highest BCUT2D eigenvalue weighted by atomic mass is 16.7. The van der Waals surface area contributed by atoms with Crippen LogP contribution in [0.25, 0.3) is 0 Å². The number of primary amides is 1. The van der Waals surface area contributed by atoms with E-state index in [1.807, 2.05) is 4.98 Å². The van der Waals surface area contributed by atoms with Crippen molar-refractivity contribution in [3.63, 3.8) is 0 Å². The molecule has 4 rings (SSSR count). The van der Waals surface area contributed by atoms with Gasteiger partial charge in [0.1, 0.15) is 30.5 Å². The summed E-state index contributed by atoms with van der Waals surface area (Å²) in [5.74, 6) is -4.24. The van der Waals surface area contributed by atoms with Crippen LogP contribution < -0.4 is 27.6 Å². The van der Waals surface area contributed by atoms with Crippen molar-refractivity contribution in [1.82, 2.24) is 20.2 Å². The van der Waals surface area contributed by atoms with E-state index in [1.54, 1.807) is 0 Å². The maximum Gasteiger partial charge on any atom is 0.330 e. The second-order valence-electron chi connectivity index (χ2n) is 9.62. The average Bonchev–Trinajstić information content (AvgIpc) is 3.08. The topological polar surface area (TPSA) is 265 Å². The molecule has 3 aliphatic rings. The van der Waals surface area contributed by atoms with Gasteiger partial charge in [0, 0.05) is 24.7 Å². The Morgan fingerprint density at radius 2 is 1.95 bits per heavy atom. The average molecular weight is 570 g/mol. The molecular formula is C23H31N5O12. The van der Waals surface area contributed by atoms with Gasteiger partial charge in [-0.15, -0.1) is 0 Å². The van der Waals surface area contributed by atoms with Crippen LogP contribution in [0.2, 0.25) is 0 Å². The largest absolute Gasteiger partial charge is 0.456 e. The molecule has 40 heavy (non-hydrogen) atoms. The molecule has 3 amide bonds. The number of aromatic nitrogens is 2. The maximum absolute atomic E-state index is 12.8. The van der Waals surface area contributed by atoms with Gasteiger partial charge in [-0.2, -0.15) is 0 Å². The quantitative estimate of drug-likeness (QED) is 0.146. The molecule has 17 nitrogen and oxygen atoms in total. The molecule has 0 aromatic carbocycles. The van der Waals surface area contributed by atoms with Crippen molar-refractivity contribution in [3.05, 3.63) is 44.9 Å². The van der Waals surface area contributed by atoms with Crippen molar-refractivity contribution < 1.29 is 49.0 Å². The number of amides is 3. The first-order valence-electron chi connectivity index (χ1n) is 12.6. The van der Waals surface area contributed by atoms with E-state index < -0.39 is 96.3 Å². The minimum Gasteiger partial charge on any atom is -0.456 e. The van der Waals surface area contributed by atoms with Crippen LogP contribution in [0, 0.1) is 5.92 Å². The Kier molecular flexibility index (Phi) is 9.02. The Morgan fingerprint density at radius 3 is 2.62 bits per heavy atom. The highest BCUT2D eigenvalue weighted by molar-refractivity contribution is 5.95. The van der Waals surface area contributed by atoms with Crippen molar-refractivity contribution in [1.29, 1.82) is 0 Å². The minimum absolute atomic E-state index is 0.364. The zero-order valence-electron chi connectivity index (χ0n) is 21.0. The van der Waals surface area contributed by atoms with Crippen molar-refractivity contribution in [2.24, 2.45) is 11.7 Å². The number of ether oxygens (including phenoxy) is 3. The maximum atomic E-state index is 12.8. The molecule has 1 aromatic rings. The molecule has 220 valence electrons. The minimum atomic E-state index is -1.86. The molecule has 0 unspecified atom stereocenters. The zero-order valence-corrected chi connectivity index (χ0v) is 21.0. The second-order valence-corrected chi connectivity index (χ2v) is 9.62. The van der Waals surface area contributed by atoms with Gasteiger partial charge in [0.25, 0.3) is 11.5 Å². The van der Waals surface area contributed by atoms with E-state index in [0.29, 0.717) is 19.4 Å². The predicted octanol–water partition coefficient (Wildman–Crippen LogP) is -4.98. The summed E-state index contributed by atoms with van der Waals surface area (Å²) >= 11 is 0. The normalized spacial score (nSPS) is 33.2. The standard InChI is InChI=1S/C23H31N5O12/c24-18(34)17(16-9(8-29)14(32)21(39-16)28-6-4-13(31)27-23(28)37)40-22-15(33)11(30)7-12(38-22)20(36)26-10-3-1-2-5-25-19(10)35/h4,6-7,9-11,14-17,21-22,29-30,32-33H,1-3,5,8H2,(H2,24,34)(H,25,35)(H,26,36)(H,27,31,37)/t9-,10-,11-,14+,15-,16-,17+,21+,22+/m0/s1. The van der Waals surface area contributed by atoms with Crippen LogP contribution in [0.4, 0.5) is 0 Å². The van der Waals surface area contributed by atoms with Crippen molar-refractivity contribution >= 4 is 17.7 Å². The number of aliphatic hydroxyl groups is 4. The van der Waals surface area contributed by atoms with E-state index in [2.05, 4.69) is 10.6 Å². The van der Waals surface area contributed by atoms with E-state index in [0.717, 1.165) is 29.3 Å². The molecule has 0 radical (unpaired) electrons. The summed E-state index contributed by atoms with van der Waals surface area (Å²) in [7, 11) is 0. The number of aromatic amines is 1. The number of carbonyl (C=O) groups excluding carboxylic acids is 3. The molecular weight excluding hydrogens is 538 g/mol. The lowest BCUT2D eigenvalue weighted by Crippen LogP contribution is -2.53. The van der Waals surface area contributed by atoms with Crippen LogP contribution in [0.5, 0.6) is 0 Å². The van der Waals surface area contributed by atoms with E-state index in [-0.39, 0.29) is 0 Å². The number of H-pyrrole nitrogens is 1. The molecule has 0 saturated carbocycles. The van der Waals surface area contributed by atoms with Crippen LogP contribution in [0.1, 0.15) is 25.5 Å². The number of nitrogens with zero attached hydrogens (tertiary/aromatic N) is 1. The Morgan fingerprint density at radius 1 is 1.20 bits per heavy atom. The highest BCUT2D eigenvalue weighted by Crippen LogP contribution is 2.36. The fourth-order valence-corrected chi connectivity index (χ4v) is 4.76. The molecule has 0 aliphatic carbocycles. The Labute approximate surface area is 225 Å². The third-order valence-corrected chi connectivity index (χ3v) is 6.90. The Bertz CT molecular complexity index is 1260. The molecule has 9 atom stereocenters. The summed E-state index contributed by atoms with van der Waals surface area (Å²) in [6.07, 6.45) is -8.09. The monoisotopic (exact) mass is 569 g/mol. The first-order valence-corrected chi connectivity index (χ1v) is 12.6. The summed E-state index contributed by atoms with van der Waals surface area (Å²) in [6.45, 7) is -0.300. The molecule has 1 aromatic heterocycles. The van der Waals surface area contributed by atoms with Gasteiger partial charge in [0.05, 0.1) is 6.61 Å². The number of hydrogen-bond donors (Lipinski definition) is 8. The van der Waals surface area contributed by atoms with E-state index in [4.69, 9.17) is 19.9 Å². The molecule has 9 N–H and O–H groups in total. The molecule has 2 saturated heterocycles. The Balaban J connectivity index is 1.52. The number of rotatable bonds is 8. The fraction of sp³-hybridized carbons (Fsp3) is 0.609. The lowest BCUT2D eigenvalue weighted by Gasteiger charge is -2.35. The van der Waals surface area contributed by atoms with Gasteiger partial charge in [-0.05, 0) is 25.3 Å². The lowest BCUT2D eigenvalue weighted by atomic mass is 9.94. The van der Waals surface area contributed by atoms with Crippen molar-refractivity contribution in [2.45, 2.75) is 68.3 Å². The van der Waals surface area contributed by atoms with Crippen molar-refractivity contribution in [2.75, 3.05) is 13.2 Å². The zero-order chi connectivity index (χ0) is 29.1.